The van der Waals surface area contributed by atoms with Gasteiger partial charge in [0.05, 0.1) is 0 Å². The first kappa shape index (κ1) is 9.79. The summed E-state index contributed by atoms with van der Waals surface area (Å²) in [6.07, 6.45) is 25.0. The highest BCUT2D eigenvalue weighted by molar-refractivity contribution is 5.11. The van der Waals surface area contributed by atoms with E-state index < -0.39 is 0 Å². The molecule has 0 saturated heterocycles. The van der Waals surface area contributed by atoms with E-state index in [2.05, 4.69) is 42.5 Å². The highest BCUT2D eigenvalue weighted by atomic mass is 13.8. The number of hydrogen-bond donors (Lipinski definition) is 0. The van der Waals surface area contributed by atoms with E-state index in [0.717, 1.165) is 19.3 Å². The van der Waals surface area contributed by atoms with Crippen molar-refractivity contribution in [3.8, 4) is 0 Å². The Bertz CT molecular complexity index is 223. The summed E-state index contributed by atoms with van der Waals surface area (Å²) in [5.74, 6) is 0. The van der Waals surface area contributed by atoms with Crippen molar-refractivity contribution in [3.63, 3.8) is 0 Å². The minimum Gasteiger partial charge on any atom is -0.0844 e. The number of rotatable bonds is 0. The number of allylic oxidation sites excluding steroid dienone is 10. The van der Waals surface area contributed by atoms with Crippen LogP contribution in [0.5, 0.6) is 0 Å². The van der Waals surface area contributed by atoms with E-state index in [1.807, 2.05) is 18.2 Å². The van der Waals surface area contributed by atoms with Crippen LogP contribution in [0.25, 0.3) is 0 Å². The van der Waals surface area contributed by atoms with E-state index in [4.69, 9.17) is 0 Å². The molecule has 0 saturated carbocycles. The normalized spacial score (nSPS) is 17.8. The summed E-state index contributed by atoms with van der Waals surface area (Å²) in [6, 6.07) is 0. The van der Waals surface area contributed by atoms with Gasteiger partial charge in [-0.2, -0.15) is 0 Å². The fourth-order valence-corrected chi connectivity index (χ4v) is 1.01. The fourth-order valence-electron chi connectivity index (χ4n) is 1.01. The predicted octanol–water partition coefficient (Wildman–Crippen LogP) is 3.75. The SMILES string of the molecule is [C]1=CC=CC=CCC=CCC=CC1. The summed E-state index contributed by atoms with van der Waals surface area (Å²) < 4.78 is 0. The number of hydrogen-bond acceptors (Lipinski definition) is 0. The van der Waals surface area contributed by atoms with E-state index in [1.54, 1.807) is 0 Å². The van der Waals surface area contributed by atoms with Crippen LogP contribution >= 0.6 is 0 Å². The molecule has 67 valence electrons. The first-order chi connectivity index (χ1) is 6.50. The topological polar surface area (TPSA) is 0 Å². The third-order valence-corrected chi connectivity index (χ3v) is 1.69. The first-order valence-corrected chi connectivity index (χ1v) is 4.68. The van der Waals surface area contributed by atoms with Crippen molar-refractivity contribution in [2.24, 2.45) is 0 Å². The van der Waals surface area contributed by atoms with Gasteiger partial charge >= 0.3 is 0 Å². The van der Waals surface area contributed by atoms with Crippen LogP contribution in [0.2, 0.25) is 0 Å². The third-order valence-electron chi connectivity index (χ3n) is 1.69. The molecule has 0 N–H and O–H groups in total. The van der Waals surface area contributed by atoms with Gasteiger partial charge in [-0.3, -0.25) is 0 Å². The molecule has 1 aliphatic rings. The summed E-state index contributed by atoms with van der Waals surface area (Å²) in [5.41, 5.74) is 0. The molecule has 13 heavy (non-hydrogen) atoms. The van der Waals surface area contributed by atoms with Crippen LogP contribution in [0.1, 0.15) is 19.3 Å². The monoisotopic (exact) mass is 171 g/mol. The maximum Gasteiger partial charge on any atom is -0.00945 e. The molecule has 0 aromatic carbocycles. The molecular formula is C13H15. The maximum absolute atomic E-state index is 3.17. The molecule has 0 bridgehead atoms. The van der Waals surface area contributed by atoms with Crippen molar-refractivity contribution >= 4 is 0 Å². The third kappa shape index (κ3) is 5.92. The molecule has 0 unspecified atom stereocenters. The van der Waals surface area contributed by atoms with Crippen LogP contribution in [0.15, 0.2) is 54.7 Å². The molecule has 1 radical (unpaired) electrons. The summed E-state index contributed by atoms with van der Waals surface area (Å²) in [6.45, 7) is 0. The average molecular weight is 171 g/mol. The van der Waals surface area contributed by atoms with E-state index in [0.29, 0.717) is 0 Å². The highest BCUT2D eigenvalue weighted by Gasteiger charge is 1.74. The lowest BCUT2D eigenvalue weighted by atomic mass is 10.3. The van der Waals surface area contributed by atoms with Crippen molar-refractivity contribution in [2.75, 3.05) is 0 Å². The fraction of sp³-hybridized carbons (Fsp3) is 0.231. The standard InChI is InChI=1S/C13H15/c1-2-4-6-8-10-12-13-11-9-7-5-3-1/h1-5,8,10-11,13H,6,9,12H2. The van der Waals surface area contributed by atoms with Crippen LogP contribution in [0.3, 0.4) is 0 Å². The Balaban J connectivity index is 2.49. The minimum absolute atomic E-state index is 0.905. The van der Waals surface area contributed by atoms with Gasteiger partial charge in [0, 0.05) is 0 Å². The van der Waals surface area contributed by atoms with E-state index in [1.165, 1.54) is 0 Å². The molecule has 0 aromatic heterocycles. The van der Waals surface area contributed by atoms with Crippen molar-refractivity contribution < 1.29 is 0 Å². The van der Waals surface area contributed by atoms with E-state index in [-0.39, 0.29) is 0 Å². The lowest BCUT2D eigenvalue weighted by molar-refractivity contribution is 1.27. The summed E-state index contributed by atoms with van der Waals surface area (Å²) in [7, 11) is 0. The van der Waals surface area contributed by atoms with Crippen molar-refractivity contribution in [3.05, 3.63) is 60.8 Å². The molecule has 0 heteroatoms. The summed E-state index contributed by atoms with van der Waals surface area (Å²) in [5, 5.41) is 0. The maximum atomic E-state index is 3.17. The molecule has 0 spiro atoms. The lowest BCUT2D eigenvalue weighted by Gasteiger charge is -1.82. The van der Waals surface area contributed by atoms with Crippen LogP contribution < -0.4 is 0 Å². The molecule has 0 aromatic rings. The molecule has 0 nitrogen and oxygen atoms in total. The van der Waals surface area contributed by atoms with Gasteiger partial charge in [-0.05, 0) is 25.3 Å². The summed E-state index contributed by atoms with van der Waals surface area (Å²) >= 11 is 0. The van der Waals surface area contributed by atoms with Crippen molar-refractivity contribution in [1.29, 1.82) is 0 Å². The molecule has 0 heterocycles. The second kappa shape index (κ2) is 7.35. The van der Waals surface area contributed by atoms with Gasteiger partial charge in [-0.25, -0.2) is 0 Å². The molecule has 0 aliphatic heterocycles. The summed E-state index contributed by atoms with van der Waals surface area (Å²) in [4.78, 5) is 0. The average Bonchev–Trinajstić information content (AvgIpc) is 2.18. The Morgan fingerprint density at radius 1 is 0.692 bits per heavy atom. The van der Waals surface area contributed by atoms with Gasteiger partial charge in [-0.1, -0.05) is 54.7 Å². The quantitative estimate of drug-likeness (QED) is 0.487. The van der Waals surface area contributed by atoms with Crippen LogP contribution in [-0.4, -0.2) is 0 Å². The molecule has 0 atom stereocenters. The zero-order valence-corrected chi connectivity index (χ0v) is 7.82. The largest absolute Gasteiger partial charge is 0.0844 e. The van der Waals surface area contributed by atoms with Crippen LogP contribution in [0.4, 0.5) is 0 Å². The Morgan fingerprint density at radius 2 is 1.46 bits per heavy atom. The van der Waals surface area contributed by atoms with Gasteiger partial charge in [-0.15, -0.1) is 0 Å². The highest BCUT2D eigenvalue weighted by Crippen LogP contribution is 1.94. The zero-order chi connectivity index (χ0) is 9.19. The van der Waals surface area contributed by atoms with Gasteiger partial charge in [0.1, 0.15) is 0 Å². The second-order valence-electron chi connectivity index (χ2n) is 2.80. The Morgan fingerprint density at radius 3 is 2.38 bits per heavy atom. The lowest BCUT2D eigenvalue weighted by Crippen LogP contribution is -1.61. The van der Waals surface area contributed by atoms with Gasteiger partial charge in [0.15, 0.2) is 0 Å². The molecule has 1 aliphatic carbocycles. The van der Waals surface area contributed by atoms with Gasteiger partial charge in [0.25, 0.3) is 0 Å². The van der Waals surface area contributed by atoms with Gasteiger partial charge in [0.2, 0.25) is 0 Å². The smallest absolute Gasteiger partial charge is 0.00945 e. The van der Waals surface area contributed by atoms with E-state index >= 15 is 0 Å². The zero-order valence-electron chi connectivity index (χ0n) is 7.82. The molecular weight excluding hydrogens is 156 g/mol. The Hall–Kier alpha value is -1.30. The minimum atomic E-state index is 0.905. The van der Waals surface area contributed by atoms with Crippen molar-refractivity contribution in [2.45, 2.75) is 19.3 Å². The Kier molecular flexibility index (Phi) is 5.54. The second-order valence-corrected chi connectivity index (χ2v) is 2.80. The van der Waals surface area contributed by atoms with Gasteiger partial charge < -0.3 is 0 Å². The predicted molar refractivity (Wildman–Crippen MR) is 58.2 cm³/mol. The van der Waals surface area contributed by atoms with E-state index in [9.17, 15) is 0 Å². The van der Waals surface area contributed by atoms with Crippen LogP contribution in [0, 0.1) is 6.08 Å². The molecule has 0 fully saturated rings. The Labute approximate surface area is 80.7 Å². The first-order valence-electron chi connectivity index (χ1n) is 4.68. The van der Waals surface area contributed by atoms with Crippen molar-refractivity contribution in [1.82, 2.24) is 0 Å². The van der Waals surface area contributed by atoms with Crippen LogP contribution in [-0.2, 0) is 0 Å². The molecule has 0 amide bonds. The molecule has 1 rings (SSSR count).